The number of thioether (sulfide) groups is 1. The summed E-state index contributed by atoms with van der Waals surface area (Å²) in [4.78, 5) is 4.94. The van der Waals surface area contributed by atoms with E-state index in [2.05, 4.69) is 5.32 Å². The molecule has 0 aromatic carbocycles. The zero-order valence-electron chi connectivity index (χ0n) is 13.2. The molecular formula is C18H30N2S. The van der Waals surface area contributed by atoms with Crippen LogP contribution >= 0.6 is 11.8 Å². The van der Waals surface area contributed by atoms with Crippen LogP contribution in [0.2, 0.25) is 0 Å². The lowest BCUT2D eigenvalue weighted by molar-refractivity contribution is 0.139. The first-order chi connectivity index (χ1) is 10.4. The van der Waals surface area contributed by atoms with Gasteiger partial charge in [0.1, 0.15) is 0 Å². The summed E-state index contributed by atoms with van der Waals surface area (Å²) in [5.74, 6) is 4.43. The minimum atomic E-state index is 0.607. The second kappa shape index (κ2) is 6.52. The molecule has 0 saturated heterocycles. The van der Waals surface area contributed by atoms with Gasteiger partial charge in [-0.15, -0.1) is 0 Å². The summed E-state index contributed by atoms with van der Waals surface area (Å²) in [7, 11) is 0. The monoisotopic (exact) mass is 306 g/mol. The van der Waals surface area contributed by atoms with Crippen LogP contribution in [0.1, 0.15) is 70.6 Å². The first-order valence-corrected chi connectivity index (χ1v) is 10.3. The summed E-state index contributed by atoms with van der Waals surface area (Å²) in [5.41, 5.74) is 0. The van der Waals surface area contributed by atoms with Crippen LogP contribution in [-0.4, -0.2) is 23.0 Å². The van der Waals surface area contributed by atoms with E-state index in [4.69, 9.17) is 4.99 Å². The summed E-state index contributed by atoms with van der Waals surface area (Å²) in [6, 6.07) is 1.28. The molecule has 1 aliphatic heterocycles. The largest absolute Gasteiger partial charge is 0.360 e. The highest BCUT2D eigenvalue weighted by Gasteiger charge is 2.34. The molecule has 0 radical (unpaired) electrons. The van der Waals surface area contributed by atoms with Crippen molar-refractivity contribution in [1.82, 2.24) is 5.32 Å². The molecule has 0 aromatic rings. The van der Waals surface area contributed by atoms with Crippen molar-refractivity contribution in [1.29, 1.82) is 0 Å². The van der Waals surface area contributed by atoms with E-state index >= 15 is 0 Å². The van der Waals surface area contributed by atoms with E-state index in [1.54, 1.807) is 0 Å². The molecular weight excluding hydrogens is 276 g/mol. The molecule has 1 heterocycles. The highest BCUT2D eigenvalue weighted by Crippen LogP contribution is 2.43. The van der Waals surface area contributed by atoms with Gasteiger partial charge in [-0.2, -0.15) is 0 Å². The van der Waals surface area contributed by atoms with Crippen LogP contribution in [0.3, 0.4) is 0 Å². The summed E-state index contributed by atoms with van der Waals surface area (Å²) in [6.07, 6.45) is 16.0. The lowest BCUT2D eigenvalue weighted by Crippen LogP contribution is -2.36. The summed E-state index contributed by atoms with van der Waals surface area (Å²) < 4.78 is 0. The standard InChI is InChI=1S/C18H30N2S/c1-2-6-15-11-13(9-10-14(15)5-1)12-21-18-19-16-7-3-4-8-17(16)20-18/h13-17H,1-12H2,(H,19,20). The van der Waals surface area contributed by atoms with Crippen molar-refractivity contribution in [2.75, 3.05) is 5.75 Å². The molecule has 2 nitrogen and oxygen atoms in total. The zero-order valence-corrected chi connectivity index (χ0v) is 14.0. The van der Waals surface area contributed by atoms with E-state index in [0.29, 0.717) is 12.1 Å². The normalized spacial score (nSPS) is 42.7. The smallest absolute Gasteiger partial charge is 0.157 e. The van der Waals surface area contributed by atoms with Crippen LogP contribution in [0.15, 0.2) is 4.99 Å². The van der Waals surface area contributed by atoms with E-state index in [1.165, 1.54) is 81.5 Å². The van der Waals surface area contributed by atoms with Gasteiger partial charge in [0.2, 0.25) is 0 Å². The predicted octanol–water partition coefficient (Wildman–Crippen LogP) is 4.60. The summed E-state index contributed by atoms with van der Waals surface area (Å²) in [5, 5.41) is 4.98. The first-order valence-electron chi connectivity index (χ1n) is 9.35. The zero-order chi connectivity index (χ0) is 14.1. The molecule has 21 heavy (non-hydrogen) atoms. The maximum absolute atomic E-state index is 4.94. The van der Waals surface area contributed by atoms with Gasteiger partial charge in [-0.3, -0.25) is 4.99 Å². The lowest BCUT2D eigenvalue weighted by Gasteiger charge is -2.39. The Hall–Kier alpha value is -0.180. The van der Waals surface area contributed by atoms with E-state index in [0.717, 1.165) is 17.8 Å². The minimum absolute atomic E-state index is 0.607. The predicted molar refractivity (Wildman–Crippen MR) is 91.9 cm³/mol. The molecule has 1 N–H and O–H groups in total. The van der Waals surface area contributed by atoms with Gasteiger partial charge in [0.25, 0.3) is 0 Å². The quantitative estimate of drug-likeness (QED) is 0.806. The van der Waals surface area contributed by atoms with Crippen LogP contribution < -0.4 is 5.32 Å². The third-order valence-corrected chi connectivity index (χ3v) is 7.56. The Morgan fingerprint density at radius 1 is 0.905 bits per heavy atom. The van der Waals surface area contributed by atoms with Gasteiger partial charge < -0.3 is 5.32 Å². The Morgan fingerprint density at radius 2 is 1.71 bits per heavy atom. The maximum atomic E-state index is 4.94. The van der Waals surface area contributed by atoms with Gasteiger partial charge in [0.05, 0.1) is 12.1 Å². The molecule has 3 heteroatoms. The van der Waals surface area contributed by atoms with Gasteiger partial charge in [0.15, 0.2) is 5.17 Å². The molecule has 0 amide bonds. The number of hydrogen-bond acceptors (Lipinski definition) is 3. The number of nitrogens with zero attached hydrogens (tertiary/aromatic N) is 1. The van der Waals surface area contributed by atoms with Crippen molar-refractivity contribution >= 4 is 16.9 Å². The molecule has 0 bridgehead atoms. The highest BCUT2D eigenvalue weighted by atomic mass is 32.2. The summed E-state index contributed by atoms with van der Waals surface area (Å²) >= 11 is 2.03. The molecule has 5 atom stereocenters. The number of amidine groups is 1. The Bertz CT molecular complexity index is 395. The Balaban J connectivity index is 1.26. The fourth-order valence-electron chi connectivity index (χ4n) is 5.18. The van der Waals surface area contributed by atoms with E-state index in [9.17, 15) is 0 Å². The SMILES string of the molecule is C1CCC2CC(CSC3=NC4CCCCC4N3)CCC2C1. The van der Waals surface area contributed by atoms with Gasteiger partial charge >= 0.3 is 0 Å². The van der Waals surface area contributed by atoms with Crippen LogP contribution in [0.25, 0.3) is 0 Å². The van der Waals surface area contributed by atoms with Crippen LogP contribution in [-0.2, 0) is 0 Å². The van der Waals surface area contributed by atoms with Crippen molar-refractivity contribution in [2.45, 2.75) is 82.7 Å². The topological polar surface area (TPSA) is 24.4 Å². The van der Waals surface area contributed by atoms with Gasteiger partial charge in [-0.25, -0.2) is 0 Å². The average Bonchev–Trinajstić information content (AvgIpc) is 2.95. The molecule has 0 spiro atoms. The van der Waals surface area contributed by atoms with E-state index in [1.807, 2.05) is 11.8 Å². The molecule has 4 rings (SSSR count). The van der Waals surface area contributed by atoms with Crippen molar-refractivity contribution in [2.24, 2.45) is 22.7 Å². The third kappa shape index (κ3) is 3.28. The molecule has 0 aromatic heterocycles. The maximum Gasteiger partial charge on any atom is 0.157 e. The Morgan fingerprint density at radius 3 is 2.62 bits per heavy atom. The second-order valence-electron chi connectivity index (χ2n) is 7.83. The molecule has 3 fully saturated rings. The number of rotatable bonds is 2. The van der Waals surface area contributed by atoms with Crippen molar-refractivity contribution < 1.29 is 0 Å². The fraction of sp³-hybridized carbons (Fsp3) is 0.944. The molecule has 3 saturated carbocycles. The highest BCUT2D eigenvalue weighted by molar-refractivity contribution is 8.13. The van der Waals surface area contributed by atoms with Crippen molar-refractivity contribution in [3.8, 4) is 0 Å². The lowest BCUT2D eigenvalue weighted by atomic mass is 9.68. The third-order valence-electron chi connectivity index (χ3n) is 6.43. The molecule has 4 aliphatic rings. The molecule has 118 valence electrons. The van der Waals surface area contributed by atoms with Crippen LogP contribution in [0.4, 0.5) is 0 Å². The van der Waals surface area contributed by atoms with Crippen LogP contribution in [0.5, 0.6) is 0 Å². The van der Waals surface area contributed by atoms with Crippen LogP contribution in [0, 0.1) is 17.8 Å². The number of nitrogens with one attached hydrogen (secondary N) is 1. The minimum Gasteiger partial charge on any atom is -0.360 e. The Labute approximate surface area is 133 Å². The average molecular weight is 307 g/mol. The molecule has 3 aliphatic carbocycles. The summed E-state index contributed by atoms with van der Waals surface area (Å²) in [6.45, 7) is 0. The Kier molecular flexibility index (Phi) is 4.47. The van der Waals surface area contributed by atoms with Crippen molar-refractivity contribution in [3.63, 3.8) is 0 Å². The van der Waals surface area contributed by atoms with E-state index < -0.39 is 0 Å². The van der Waals surface area contributed by atoms with E-state index in [-0.39, 0.29) is 0 Å². The molecule has 5 unspecified atom stereocenters. The number of hydrogen-bond donors (Lipinski definition) is 1. The van der Waals surface area contributed by atoms with Crippen molar-refractivity contribution in [3.05, 3.63) is 0 Å². The number of aliphatic imine (C=N–C) groups is 1. The second-order valence-corrected chi connectivity index (χ2v) is 8.84. The van der Waals surface area contributed by atoms with Gasteiger partial charge in [-0.1, -0.05) is 50.3 Å². The van der Waals surface area contributed by atoms with Gasteiger partial charge in [-0.05, 0) is 49.9 Å². The van der Waals surface area contributed by atoms with Gasteiger partial charge in [0, 0.05) is 5.75 Å². The first kappa shape index (κ1) is 14.4. The fourth-order valence-corrected chi connectivity index (χ4v) is 6.32. The number of fused-ring (bicyclic) bond motifs is 2.